The first-order valence-electron chi connectivity index (χ1n) is 9.79. The van der Waals surface area contributed by atoms with Crippen molar-refractivity contribution in [1.29, 1.82) is 0 Å². The summed E-state index contributed by atoms with van der Waals surface area (Å²) in [5.74, 6) is 0.363. The van der Waals surface area contributed by atoms with Crippen LogP contribution in [0.1, 0.15) is 38.5 Å². The van der Waals surface area contributed by atoms with Crippen molar-refractivity contribution in [3.05, 3.63) is 27.7 Å². The molecule has 148 valence electrons. The van der Waals surface area contributed by atoms with Gasteiger partial charge in [0.15, 0.2) is 0 Å². The fourth-order valence-electron chi connectivity index (χ4n) is 3.87. The third-order valence-corrected chi connectivity index (χ3v) is 6.23. The molecule has 1 aromatic rings. The molecule has 3 rings (SSSR count). The molecule has 2 heterocycles. The van der Waals surface area contributed by atoms with Crippen LogP contribution >= 0.6 is 27.5 Å². The maximum Gasteiger partial charge on any atom is 0.238 e. The summed E-state index contributed by atoms with van der Waals surface area (Å²) in [4.78, 5) is 29.3. The molecule has 0 atom stereocenters. The first kappa shape index (κ1) is 20.6. The first-order chi connectivity index (χ1) is 13.0. The van der Waals surface area contributed by atoms with E-state index in [0.29, 0.717) is 23.2 Å². The molecule has 7 heteroatoms. The van der Waals surface area contributed by atoms with Gasteiger partial charge >= 0.3 is 0 Å². The van der Waals surface area contributed by atoms with Crippen molar-refractivity contribution in [3.63, 3.8) is 0 Å². The van der Waals surface area contributed by atoms with Gasteiger partial charge in [-0.2, -0.15) is 0 Å². The van der Waals surface area contributed by atoms with E-state index in [0.717, 1.165) is 56.3 Å². The Hall–Kier alpha value is -1.11. The van der Waals surface area contributed by atoms with Gasteiger partial charge in [-0.05, 0) is 57.0 Å². The van der Waals surface area contributed by atoms with E-state index < -0.39 is 0 Å². The van der Waals surface area contributed by atoms with Gasteiger partial charge in [0.05, 0.1) is 17.3 Å². The average Bonchev–Trinajstić information content (AvgIpc) is 2.93. The zero-order valence-corrected chi connectivity index (χ0v) is 17.9. The van der Waals surface area contributed by atoms with Crippen LogP contribution in [0.3, 0.4) is 0 Å². The third-order valence-electron chi connectivity index (χ3n) is 5.43. The fourth-order valence-corrected chi connectivity index (χ4v) is 4.59. The lowest BCUT2D eigenvalue weighted by molar-refractivity contribution is -0.137. The Kier molecular flexibility index (Phi) is 7.56. The van der Waals surface area contributed by atoms with Crippen LogP contribution in [0, 0.1) is 5.92 Å². The van der Waals surface area contributed by atoms with E-state index in [1.165, 1.54) is 12.8 Å². The van der Waals surface area contributed by atoms with E-state index in [4.69, 9.17) is 11.6 Å². The minimum Gasteiger partial charge on any atom is -0.342 e. The van der Waals surface area contributed by atoms with E-state index in [-0.39, 0.29) is 11.8 Å². The number of nitrogens with one attached hydrogen (secondary N) is 1. The summed E-state index contributed by atoms with van der Waals surface area (Å²) < 4.78 is 0.877. The molecule has 0 radical (unpaired) electrons. The van der Waals surface area contributed by atoms with Crippen LogP contribution in [0.15, 0.2) is 22.7 Å². The lowest BCUT2D eigenvalue weighted by Crippen LogP contribution is -2.44. The number of nitrogens with zero attached hydrogens (tertiary/aromatic N) is 2. The summed E-state index contributed by atoms with van der Waals surface area (Å²) in [7, 11) is 0. The van der Waals surface area contributed by atoms with Gasteiger partial charge in [0, 0.05) is 23.5 Å². The lowest BCUT2D eigenvalue weighted by atomic mass is 9.95. The van der Waals surface area contributed by atoms with Crippen LogP contribution in [0.25, 0.3) is 0 Å². The van der Waals surface area contributed by atoms with Gasteiger partial charge in [-0.25, -0.2) is 0 Å². The maximum atomic E-state index is 12.8. The molecule has 0 unspecified atom stereocenters. The van der Waals surface area contributed by atoms with Crippen LogP contribution in [0.4, 0.5) is 5.69 Å². The van der Waals surface area contributed by atoms with E-state index >= 15 is 0 Å². The SMILES string of the molecule is O=C(CN1CCC(C(=O)N2CCCCCC2)CC1)Nc1ccc(Br)cc1Cl. The average molecular weight is 457 g/mol. The van der Waals surface area contributed by atoms with Crippen LogP contribution < -0.4 is 5.32 Å². The molecule has 0 saturated carbocycles. The van der Waals surface area contributed by atoms with Crippen molar-refractivity contribution in [3.8, 4) is 0 Å². The smallest absolute Gasteiger partial charge is 0.238 e. The molecule has 27 heavy (non-hydrogen) atoms. The number of likely N-dealkylation sites (tertiary alicyclic amines) is 2. The molecule has 0 spiro atoms. The molecular formula is C20H27BrClN3O2. The van der Waals surface area contributed by atoms with Crippen molar-refractivity contribution in [2.45, 2.75) is 38.5 Å². The number of amides is 2. The van der Waals surface area contributed by atoms with E-state index in [2.05, 4.69) is 31.0 Å². The molecule has 2 fully saturated rings. The maximum absolute atomic E-state index is 12.8. The second-order valence-corrected chi connectivity index (χ2v) is 8.79. The van der Waals surface area contributed by atoms with E-state index in [1.807, 2.05) is 6.07 Å². The molecule has 2 saturated heterocycles. The molecule has 2 aliphatic heterocycles. The van der Waals surface area contributed by atoms with Crippen LogP contribution in [0.2, 0.25) is 5.02 Å². The number of carbonyl (C=O) groups is 2. The topological polar surface area (TPSA) is 52.7 Å². The monoisotopic (exact) mass is 455 g/mol. The number of anilines is 1. The quantitative estimate of drug-likeness (QED) is 0.740. The molecule has 2 amide bonds. The highest BCUT2D eigenvalue weighted by Gasteiger charge is 2.29. The van der Waals surface area contributed by atoms with Crippen molar-refractivity contribution in [2.24, 2.45) is 5.92 Å². The number of hydrogen-bond donors (Lipinski definition) is 1. The molecule has 2 aliphatic rings. The Labute approximate surface area is 174 Å². The van der Waals surface area contributed by atoms with E-state index in [1.54, 1.807) is 12.1 Å². The fraction of sp³-hybridized carbons (Fsp3) is 0.600. The number of benzene rings is 1. The lowest BCUT2D eigenvalue weighted by Gasteiger charge is -2.33. The zero-order chi connectivity index (χ0) is 19.2. The molecular weight excluding hydrogens is 430 g/mol. The largest absolute Gasteiger partial charge is 0.342 e. The molecule has 5 nitrogen and oxygen atoms in total. The molecule has 0 bridgehead atoms. The number of piperidine rings is 1. The zero-order valence-electron chi connectivity index (χ0n) is 15.6. The Morgan fingerprint density at radius 2 is 1.74 bits per heavy atom. The Morgan fingerprint density at radius 1 is 1.07 bits per heavy atom. The molecule has 0 aliphatic carbocycles. The Balaban J connectivity index is 1.44. The normalized spacial score (nSPS) is 19.6. The Bertz CT molecular complexity index is 669. The summed E-state index contributed by atoms with van der Waals surface area (Å²) in [6.45, 7) is 3.72. The first-order valence-corrected chi connectivity index (χ1v) is 11.0. The summed E-state index contributed by atoms with van der Waals surface area (Å²) >= 11 is 9.51. The summed E-state index contributed by atoms with van der Waals surface area (Å²) in [6, 6.07) is 5.40. The molecule has 0 aromatic heterocycles. The summed E-state index contributed by atoms with van der Waals surface area (Å²) in [5.41, 5.74) is 0.621. The van der Waals surface area contributed by atoms with Gasteiger partial charge in [-0.1, -0.05) is 40.4 Å². The third kappa shape index (κ3) is 5.93. The van der Waals surface area contributed by atoms with Crippen LogP contribution in [0.5, 0.6) is 0 Å². The standard InChI is InChI=1S/C20H27BrClN3O2/c21-16-5-6-18(17(22)13-16)23-19(26)14-24-11-7-15(8-12-24)20(27)25-9-3-1-2-4-10-25/h5-6,13,15H,1-4,7-12,14H2,(H,23,26). The molecule has 1 aromatic carbocycles. The summed E-state index contributed by atoms with van der Waals surface area (Å²) in [5, 5.41) is 3.38. The van der Waals surface area contributed by atoms with Crippen molar-refractivity contribution >= 4 is 45.0 Å². The summed E-state index contributed by atoms with van der Waals surface area (Å²) in [6.07, 6.45) is 6.40. The molecule has 1 N–H and O–H groups in total. The van der Waals surface area contributed by atoms with Crippen molar-refractivity contribution in [2.75, 3.05) is 38.0 Å². The van der Waals surface area contributed by atoms with Gasteiger partial charge in [0.25, 0.3) is 0 Å². The van der Waals surface area contributed by atoms with Gasteiger partial charge in [-0.15, -0.1) is 0 Å². The van der Waals surface area contributed by atoms with Gasteiger partial charge < -0.3 is 10.2 Å². The van der Waals surface area contributed by atoms with Gasteiger partial charge in [0.1, 0.15) is 0 Å². The minimum absolute atomic E-state index is 0.0727. The Morgan fingerprint density at radius 3 is 2.37 bits per heavy atom. The highest BCUT2D eigenvalue weighted by molar-refractivity contribution is 9.10. The number of hydrogen-bond acceptors (Lipinski definition) is 3. The number of rotatable bonds is 4. The van der Waals surface area contributed by atoms with E-state index in [9.17, 15) is 9.59 Å². The minimum atomic E-state index is -0.0727. The second-order valence-electron chi connectivity index (χ2n) is 7.46. The second kappa shape index (κ2) is 9.89. The van der Waals surface area contributed by atoms with Crippen LogP contribution in [-0.2, 0) is 9.59 Å². The van der Waals surface area contributed by atoms with Gasteiger partial charge in [-0.3, -0.25) is 14.5 Å². The highest BCUT2D eigenvalue weighted by Crippen LogP contribution is 2.26. The predicted molar refractivity (Wildman–Crippen MR) is 112 cm³/mol. The number of carbonyl (C=O) groups excluding carboxylic acids is 2. The predicted octanol–water partition coefficient (Wildman–Crippen LogP) is 4.16. The van der Waals surface area contributed by atoms with Crippen LogP contribution in [-0.4, -0.2) is 54.3 Å². The number of halogens is 2. The van der Waals surface area contributed by atoms with Gasteiger partial charge in [0.2, 0.25) is 11.8 Å². The highest BCUT2D eigenvalue weighted by atomic mass is 79.9. The van der Waals surface area contributed by atoms with Crippen molar-refractivity contribution in [1.82, 2.24) is 9.80 Å². The van der Waals surface area contributed by atoms with Crippen molar-refractivity contribution < 1.29 is 9.59 Å².